The van der Waals surface area contributed by atoms with Crippen LogP contribution in [0.3, 0.4) is 0 Å². The molecule has 2 nitrogen and oxygen atoms in total. The summed E-state index contributed by atoms with van der Waals surface area (Å²) in [7, 11) is 1.77. The Bertz CT molecular complexity index is 435. The van der Waals surface area contributed by atoms with E-state index in [-0.39, 0.29) is 5.54 Å². The summed E-state index contributed by atoms with van der Waals surface area (Å²) in [6, 6.07) is 4.37. The van der Waals surface area contributed by atoms with Crippen molar-refractivity contribution in [3.8, 4) is 5.75 Å². The molecular weight excluding hydrogens is 210 g/mol. The Labute approximate surface area is 103 Å². The zero-order valence-corrected chi connectivity index (χ0v) is 10.6. The fourth-order valence-corrected chi connectivity index (χ4v) is 2.97. The number of benzene rings is 1. The van der Waals surface area contributed by atoms with Crippen LogP contribution in [0.5, 0.6) is 5.75 Å². The van der Waals surface area contributed by atoms with E-state index in [4.69, 9.17) is 10.5 Å². The third-order valence-corrected chi connectivity index (χ3v) is 4.34. The molecule has 1 aromatic carbocycles. The van der Waals surface area contributed by atoms with E-state index in [1.54, 1.807) is 12.7 Å². The van der Waals surface area contributed by atoms with E-state index in [1.807, 2.05) is 0 Å². The van der Waals surface area contributed by atoms with Gasteiger partial charge < -0.3 is 10.5 Å². The number of rotatable bonds is 4. The van der Waals surface area contributed by atoms with Crippen LogP contribution in [0.1, 0.15) is 42.4 Å². The summed E-state index contributed by atoms with van der Waals surface area (Å²) in [6.07, 6.45) is 8.35. The van der Waals surface area contributed by atoms with Gasteiger partial charge in [-0.1, -0.05) is 6.07 Å². The van der Waals surface area contributed by atoms with Crippen molar-refractivity contribution >= 4 is 0 Å². The van der Waals surface area contributed by atoms with Crippen LogP contribution in [-0.2, 0) is 19.3 Å². The highest BCUT2D eigenvalue weighted by Crippen LogP contribution is 2.39. The molecule has 0 bridgehead atoms. The minimum absolute atomic E-state index is 0.145. The average Bonchev–Trinajstić information content (AvgIpc) is 2.90. The molecule has 1 saturated carbocycles. The number of ether oxygens (including phenoxy) is 1. The van der Waals surface area contributed by atoms with Crippen LogP contribution in [0.15, 0.2) is 12.1 Å². The molecule has 0 saturated heterocycles. The minimum atomic E-state index is 0.145. The third kappa shape index (κ3) is 2.06. The van der Waals surface area contributed by atoms with Crippen molar-refractivity contribution in [3.63, 3.8) is 0 Å². The van der Waals surface area contributed by atoms with E-state index in [9.17, 15) is 0 Å². The molecule has 0 amide bonds. The second-order valence-electron chi connectivity index (χ2n) is 5.60. The summed E-state index contributed by atoms with van der Waals surface area (Å²) in [5.41, 5.74) is 10.8. The largest absolute Gasteiger partial charge is 0.496 e. The van der Waals surface area contributed by atoms with Crippen molar-refractivity contribution in [1.82, 2.24) is 0 Å². The summed E-state index contributed by atoms with van der Waals surface area (Å²) in [5.74, 6) is 1.06. The van der Waals surface area contributed by atoms with E-state index in [2.05, 4.69) is 12.1 Å². The summed E-state index contributed by atoms with van der Waals surface area (Å²) in [6.45, 7) is 0. The van der Waals surface area contributed by atoms with Crippen LogP contribution >= 0.6 is 0 Å². The predicted molar refractivity (Wildman–Crippen MR) is 69.5 cm³/mol. The summed E-state index contributed by atoms with van der Waals surface area (Å²) < 4.78 is 5.52. The Morgan fingerprint density at radius 1 is 1.29 bits per heavy atom. The fourth-order valence-electron chi connectivity index (χ4n) is 2.97. The van der Waals surface area contributed by atoms with Gasteiger partial charge in [-0.05, 0) is 67.7 Å². The van der Waals surface area contributed by atoms with Crippen LogP contribution in [0.2, 0.25) is 0 Å². The third-order valence-electron chi connectivity index (χ3n) is 4.34. The molecule has 2 aliphatic rings. The van der Waals surface area contributed by atoms with Gasteiger partial charge in [0.15, 0.2) is 0 Å². The molecule has 0 aromatic heterocycles. The molecule has 1 fully saturated rings. The molecule has 2 aliphatic carbocycles. The molecule has 3 rings (SSSR count). The molecule has 17 heavy (non-hydrogen) atoms. The predicted octanol–water partition coefficient (Wildman–Crippen LogP) is 2.61. The van der Waals surface area contributed by atoms with Crippen LogP contribution in [0, 0.1) is 0 Å². The van der Waals surface area contributed by atoms with E-state index >= 15 is 0 Å². The lowest BCUT2D eigenvalue weighted by molar-refractivity contribution is 0.407. The fraction of sp³-hybridized carbons (Fsp3) is 0.600. The Kier molecular flexibility index (Phi) is 2.62. The second-order valence-corrected chi connectivity index (χ2v) is 5.60. The number of hydrogen-bond acceptors (Lipinski definition) is 2. The lowest BCUT2D eigenvalue weighted by Crippen LogP contribution is -2.22. The first-order valence-electron chi connectivity index (χ1n) is 6.68. The van der Waals surface area contributed by atoms with Crippen molar-refractivity contribution in [1.29, 1.82) is 0 Å². The molecule has 1 aromatic rings. The second kappa shape index (κ2) is 4.02. The first kappa shape index (κ1) is 11.1. The monoisotopic (exact) mass is 231 g/mol. The quantitative estimate of drug-likeness (QED) is 0.864. The van der Waals surface area contributed by atoms with Crippen molar-refractivity contribution in [3.05, 3.63) is 28.8 Å². The zero-order chi connectivity index (χ0) is 11.9. The van der Waals surface area contributed by atoms with Gasteiger partial charge in [-0.25, -0.2) is 0 Å². The summed E-state index contributed by atoms with van der Waals surface area (Å²) in [5, 5.41) is 0. The van der Waals surface area contributed by atoms with Crippen molar-refractivity contribution in [2.45, 2.75) is 50.5 Å². The average molecular weight is 231 g/mol. The van der Waals surface area contributed by atoms with Crippen molar-refractivity contribution in [2.24, 2.45) is 5.73 Å². The maximum absolute atomic E-state index is 6.19. The summed E-state index contributed by atoms with van der Waals surface area (Å²) >= 11 is 0. The first-order valence-corrected chi connectivity index (χ1v) is 6.68. The molecule has 0 radical (unpaired) electrons. The SMILES string of the molecule is COc1ccc2c(c1CCC1(N)CC1)CCC2. The maximum Gasteiger partial charge on any atom is 0.122 e. The van der Waals surface area contributed by atoms with E-state index in [0.717, 1.165) is 18.6 Å². The van der Waals surface area contributed by atoms with Crippen LogP contribution in [0.4, 0.5) is 0 Å². The maximum atomic E-state index is 6.19. The van der Waals surface area contributed by atoms with Gasteiger partial charge in [0.25, 0.3) is 0 Å². The molecule has 0 unspecified atom stereocenters. The molecule has 2 heteroatoms. The molecular formula is C15H21NO. The Morgan fingerprint density at radius 3 is 2.82 bits per heavy atom. The van der Waals surface area contributed by atoms with Crippen molar-refractivity contribution in [2.75, 3.05) is 7.11 Å². The normalized spacial score (nSPS) is 20.1. The smallest absolute Gasteiger partial charge is 0.122 e. The van der Waals surface area contributed by atoms with Gasteiger partial charge in [0.2, 0.25) is 0 Å². The highest BCUT2D eigenvalue weighted by atomic mass is 16.5. The molecule has 0 atom stereocenters. The van der Waals surface area contributed by atoms with Gasteiger partial charge in [-0.2, -0.15) is 0 Å². The van der Waals surface area contributed by atoms with Crippen LogP contribution < -0.4 is 10.5 Å². The number of hydrogen-bond donors (Lipinski definition) is 1. The summed E-state index contributed by atoms with van der Waals surface area (Å²) in [4.78, 5) is 0. The number of methoxy groups -OCH3 is 1. The van der Waals surface area contributed by atoms with E-state index in [1.165, 1.54) is 43.2 Å². The first-order chi connectivity index (χ1) is 8.22. The van der Waals surface area contributed by atoms with Crippen LogP contribution in [0.25, 0.3) is 0 Å². The molecule has 2 N–H and O–H groups in total. The zero-order valence-electron chi connectivity index (χ0n) is 10.6. The van der Waals surface area contributed by atoms with E-state index in [0.29, 0.717) is 0 Å². The van der Waals surface area contributed by atoms with Gasteiger partial charge in [0, 0.05) is 5.54 Å². The standard InChI is InChI=1S/C15H21NO/c1-17-14-6-5-11-3-2-4-12(11)13(14)7-8-15(16)9-10-15/h5-6H,2-4,7-10,16H2,1H3. The molecule has 0 spiro atoms. The van der Waals surface area contributed by atoms with Gasteiger partial charge in [0.05, 0.1) is 7.11 Å². The van der Waals surface area contributed by atoms with Crippen LogP contribution in [-0.4, -0.2) is 12.6 Å². The highest BCUT2D eigenvalue weighted by molar-refractivity contribution is 5.47. The molecule has 0 aliphatic heterocycles. The minimum Gasteiger partial charge on any atom is -0.496 e. The van der Waals surface area contributed by atoms with E-state index < -0.39 is 0 Å². The Balaban J connectivity index is 1.87. The number of nitrogens with two attached hydrogens (primary N) is 1. The van der Waals surface area contributed by atoms with Gasteiger partial charge >= 0.3 is 0 Å². The van der Waals surface area contributed by atoms with Crippen molar-refractivity contribution < 1.29 is 4.74 Å². The topological polar surface area (TPSA) is 35.2 Å². The van der Waals surface area contributed by atoms with Gasteiger partial charge in [-0.15, -0.1) is 0 Å². The Hall–Kier alpha value is -1.02. The van der Waals surface area contributed by atoms with Gasteiger partial charge in [0.1, 0.15) is 5.75 Å². The number of fused-ring (bicyclic) bond motifs is 1. The Morgan fingerprint density at radius 2 is 2.12 bits per heavy atom. The molecule has 92 valence electrons. The highest BCUT2D eigenvalue weighted by Gasteiger charge is 2.37. The molecule has 0 heterocycles. The van der Waals surface area contributed by atoms with Gasteiger partial charge in [-0.3, -0.25) is 0 Å². The lowest BCUT2D eigenvalue weighted by atomic mass is 9.96. The lowest BCUT2D eigenvalue weighted by Gasteiger charge is -2.15. The number of aryl methyl sites for hydroxylation is 1.